The molecule has 1 aromatic carbocycles. The van der Waals surface area contributed by atoms with Gasteiger partial charge in [-0.05, 0) is 30.2 Å². The molecule has 1 aromatic rings. The van der Waals surface area contributed by atoms with Crippen LogP contribution in [0, 0.1) is 0 Å². The molecule has 1 atom stereocenters. The lowest BCUT2D eigenvalue weighted by atomic mass is 9.90. The minimum atomic E-state index is -4.36. The van der Waals surface area contributed by atoms with E-state index in [0.29, 0.717) is 30.6 Å². The van der Waals surface area contributed by atoms with Crippen LogP contribution in [-0.4, -0.2) is 36.5 Å². The third-order valence-corrected chi connectivity index (χ3v) is 3.73. The Kier molecular flexibility index (Phi) is 2.78. The predicted octanol–water partition coefficient (Wildman–Crippen LogP) is 1.68. The second kappa shape index (κ2) is 4.23. The van der Waals surface area contributed by atoms with Crippen molar-refractivity contribution in [3.8, 4) is 0 Å². The summed E-state index contributed by atoms with van der Waals surface area (Å²) in [5.74, 6) is -0.151. The minimum Gasteiger partial charge on any atom is -0.333 e. The molecular weight excluding hydrogens is 257 g/mol. The van der Waals surface area contributed by atoms with Crippen molar-refractivity contribution in [1.82, 2.24) is 10.2 Å². The van der Waals surface area contributed by atoms with Gasteiger partial charge in [-0.1, -0.05) is 0 Å². The lowest BCUT2D eigenvalue weighted by Gasteiger charge is -2.40. The van der Waals surface area contributed by atoms with Crippen LogP contribution in [0.1, 0.15) is 21.5 Å². The highest BCUT2D eigenvalue weighted by molar-refractivity contribution is 5.97. The third kappa shape index (κ3) is 2.10. The van der Waals surface area contributed by atoms with E-state index in [9.17, 15) is 18.0 Å². The first-order valence-corrected chi connectivity index (χ1v) is 6.18. The molecule has 0 saturated carbocycles. The second-order valence-corrected chi connectivity index (χ2v) is 4.93. The van der Waals surface area contributed by atoms with Crippen LogP contribution in [0.25, 0.3) is 0 Å². The van der Waals surface area contributed by atoms with E-state index in [1.54, 1.807) is 4.90 Å². The highest BCUT2D eigenvalue weighted by atomic mass is 19.4. The number of fused-ring (bicyclic) bond motifs is 2. The number of piperazine rings is 1. The Morgan fingerprint density at radius 1 is 1.32 bits per heavy atom. The van der Waals surface area contributed by atoms with Gasteiger partial charge >= 0.3 is 6.18 Å². The standard InChI is InChI=1S/C13H13F3N2O/c14-13(15,16)9-1-2-11-8(5-9)6-10-7-17-3-4-18(10)12(11)19/h1-2,5,10,17H,3-4,6-7H2. The van der Waals surface area contributed by atoms with Crippen LogP contribution in [0.2, 0.25) is 0 Å². The Hall–Kier alpha value is -1.56. The Bertz CT molecular complexity index is 527. The first kappa shape index (κ1) is 12.5. The number of halogens is 3. The van der Waals surface area contributed by atoms with Crippen LogP contribution in [0.4, 0.5) is 13.2 Å². The molecule has 102 valence electrons. The van der Waals surface area contributed by atoms with Gasteiger partial charge in [-0.3, -0.25) is 4.79 Å². The van der Waals surface area contributed by atoms with Gasteiger partial charge in [-0.15, -0.1) is 0 Å². The van der Waals surface area contributed by atoms with Crippen molar-refractivity contribution in [3.05, 3.63) is 34.9 Å². The average molecular weight is 270 g/mol. The Balaban J connectivity index is 2.00. The average Bonchev–Trinajstić information content (AvgIpc) is 2.37. The van der Waals surface area contributed by atoms with Crippen molar-refractivity contribution in [2.45, 2.75) is 18.6 Å². The molecule has 19 heavy (non-hydrogen) atoms. The topological polar surface area (TPSA) is 32.3 Å². The molecule has 1 saturated heterocycles. The molecule has 6 heteroatoms. The van der Waals surface area contributed by atoms with E-state index < -0.39 is 11.7 Å². The van der Waals surface area contributed by atoms with Crippen molar-refractivity contribution in [3.63, 3.8) is 0 Å². The molecule has 2 aliphatic heterocycles. The van der Waals surface area contributed by atoms with E-state index >= 15 is 0 Å². The fourth-order valence-corrected chi connectivity index (χ4v) is 2.77. The summed E-state index contributed by atoms with van der Waals surface area (Å²) in [5, 5.41) is 3.16. The zero-order valence-corrected chi connectivity index (χ0v) is 10.1. The van der Waals surface area contributed by atoms with Crippen LogP contribution < -0.4 is 5.32 Å². The molecule has 0 spiro atoms. The SMILES string of the molecule is O=C1c2ccc(C(F)(F)F)cc2CC2CNCCN12. The van der Waals surface area contributed by atoms with Crippen molar-refractivity contribution in [1.29, 1.82) is 0 Å². The largest absolute Gasteiger partial charge is 0.416 e. The maximum absolute atomic E-state index is 12.7. The van der Waals surface area contributed by atoms with Crippen LogP contribution in [0.5, 0.6) is 0 Å². The molecule has 0 aromatic heterocycles. The summed E-state index contributed by atoms with van der Waals surface area (Å²) in [7, 11) is 0. The van der Waals surface area contributed by atoms with Crippen molar-refractivity contribution in [2.75, 3.05) is 19.6 Å². The van der Waals surface area contributed by atoms with E-state index in [-0.39, 0.29) is 11.9 Å². The summed E-state index contributed by atoms with van der Waals surface area (Å²) < 4.78 is 38.0. The molecule has 2 aliphatic rings. The number of benzene rings is 1. The molecule has 3 nitrogen and oxygen atoms in total. The van der Waals surface area contributed by atoms with Crippen molar-refractivity contribution in [2.24, 2.45) is 0 Å². The lowest BCUT2D eigenvalue weighted by Crippen LogP contribution is -2.56. The zero-order valence-electron chi connectivity index (χ0n) is 10.1. The van der Waals surface area contributed by atoms with Gasteiger partial charge in [0.25, 0.3) is 5.91 Å². The highest BCUT2D eigenvalue weighted by Gasteiger charge is 2.36. The molecule has 1 unspecified atom stereocenters. The number of carbonyl (C=O) groups excluding carboxylic acids is 1. The number of nitrogens with one attached hydrogen (secondary N) is 1. The van der Waals surface area contributed by atoms with Crippen LogP contribution >= 0.6 is 0 Å². The van der Waals surface area contributed by atoms with E-state index in [0.717, 1.165) is 18.7 Å². The highest BCUT2D eigenvalue weighted by Crippen LogP contribution is 2.33. The maximum Gasteiger partial charge on any atom is 0.416 e. The van der Waals surface area contributed by atoms with Crippen molar-refractivity contribution < 1.29 is 18.0 Å². The zero-order chi connectivity index (χ0) is 13.6. The molecule has 0 radical (unpaired) electrons. The first-order valence-electron chi connectivity index (χ1n) is 6.18. The number of rotatable bonds is 0. The Morgan fingerprint density at radius 3 is 2.84 bits per heavy atom. The van der Waals surface area contributed by atoms with Crippen molar-refractivity contribution >= 4 is 5.91 Å². The van der Waals surface area contributed by atoms with Crippen LogP contribution in [0.15, 0.2) is 18.2 Å². The Morgan fingerprint density at radius 2 is 2.11 bits per heavy atom. The molecular formula is C13H13F3N2O. The van der Waals surface area contributed by atoms with Gasteiger partial charge in [0.15, 0.2) is 0 Å². The normalized spacial score (nSPS) is 23.0. The van der Waals surface area contributed by atoms with E-state index in [1.165, 1.54) is 6.07 Å². The summed E-state index contributed by atoms with van der Waals surface area (Å²) >= 11 is 0. The minimum absolute atomic E-state index is 0.0303. The fraction of sp³-hybridized carbons (Fsp3) is 0.462. The lowest BCUT2D eigenvalue weighted by molar-refractivity contribution is -0.137. The monoisotopic (exact) mass is 270 g/mol. The number of carbonyl (C=O) groups is 1. The van der Waals surface area contributed by atoms with Gasteiger partial charge in [0.05, 0.1) is 5.56 Å². The summed E-state index contributed by atoms with van der Waals surface area (Å²) in [4.78, 5) is 14.0. The van der Waals surface area contributed by atoms with Gasteiger partial charge < -0.3 is 10.2 Å². The molecule has 0 bridgehead atoms. The molecule has 1 amide bonds. The van der Waals surface area contributed by atoms with Gasteiger partial charge in [-0.2, -0.15) is 13.2 Å². The predicted molar refractivity (Wildman–Crippen MR) is 62.8 cm³/mol. The number of amides is 1. The molecule has 2 heterocycles. The van der Waals surface area contributed by atoms with E-state index in [4.69, 9.17) is 0 Å². The molecule has 3 rings (SSSR count). The number of nitrogens with zero attached hydrogens (tertiary/aromatic N) is 1. The van der Waals surface area contributed by atoms with E-state index in [1.807, 2.05) is 0 Å². The van der Waals surface area contributed by atoms with Crippen LogP contribution in [-0.2, 0) is 12.6 Å². The molecule has 1 N–H and O–H groups in total. The quantitative estimate of drug-likeness (QED) is 0.778. The maximum atomic E-state index is 12.7. The van der Waals surface area contributed by atoms with Crippen LogP contribution in [0.3, 0.4) is 0 Å². The smallest absolute Gasteiger partial charge is 0.333 e. The molecule has 1 fully saturated rings. The number of alkyl halides is 3. The molecule has 0 aliphatic carbocycles. The Labute approximate surface area is 108 Å². The van der Waals surface area contributed by atoms with Gasteiger partial charge in [0.2, 0.25) is 0 Å². The number of hydrogen-bond donors (Lipinski definition) is 1. The number of hydrogen-bond acceptors (Lipinski definition) is 2. The summed E-state index contributed by atoms with van der Waals surface area (Å²) in [6.45, 7) is 1.99. The second-order valence-electron chi connectivity index (χ2n) is 4.93. The fourth-order valence-electron chi connectivity index (χ4n) is 2.77. The van der Waals surface area contributed by atoms with Gasteiger partial charge in [0.1, 0.15) is 0 Å². The summed E-state index contributed by atoms with van der Waals surface area (Å²) in [6, 6.07) is 3.37. The van der Waals surface area contributed by atoms with Gasteiger partial charge in [0, 0.05) is 31.2 Å². The third-order valence-electron chi connectivity index (χ3n) is 3.73. The van der Waals surface area contributed by atoms with E-state index in [2.05, 4.69) is 5.32 Å². The van der Waals surface area contributed by atoms with Gasteiger partial charge in [-0.25, -0.2) is 0 Å². The first-order chi connectivity index (χ1) is 8.97. The summed E-state index contributed by atoms with van der Waals surface area (Å²) in [5.41, 5.74) is 0.229. The summed E-state index contributed by atoms with van der Waals surface area (Å²) in [6.07, 6.45) is -3.88.